The average molecular weight is 265 g/mol. The van der Waals surface area contributed by atoms with E-state index in [-0.39, 0.29) is 5.97 Å². The van der Waals surface area contributed by atoms with Gasteiger partial charge in [0, 0.05) is 17.3 Å². The van der Waals surface area contributed by atoms with Crippen molar-refractivity contribution in [3.8, 4) is 11.3 Å². The molecule has 0 N–H and O–H groups in total. The SMILES string of the molecule is COC(=O)c1ccccc1-c1c(C)cc2ccccn12. The summed E-state index contributed by atoms with van der Waals surface area (Å²) in [4.78, 5) is 11.9. The molecule has 0 bridgehead atoms. The maximum Gasteiger partial charge on any atom is 0.338 e. The van der Waals surface area contributed by atoms with E-state index in [4.69, 9.17) is 4.74 Å². The molecule has 100 valence electrons. The van der Waals surface area contributed by atoms with Crippen molar-refractivity contribution in [1.29, 1.82) is 0 Å². The lowest BCUT2D eigenvalue weighted by molar-refractivity contribution is 0.0601. The standard InChI is InChI=1S/C17H15NO2/c1-12-11-13-7-5-6-10-18(13)16(12)14-8-3-4-9-15(14)17(19)20-2/h3-11H,1-2H3. The highest BCUT2D eigenvalue weighted by Crippen LogP contribution is 2.30. The van der Waals surface area contributed by atoms with Gasteiger partial charge in [-0.15, -0.1) is 0 Å². The molecule has 1 aromatic carbocycles. The van der Waals surface area contributed by atoms with E-state index in [1.54, 1.807) is 6.07 Å². The van der Waals surface area contributed by atoms with E-state index in [2.05, 4.69) is 23.5 Å². The summed E-state index contributed by atoms with van der Waals surface area (Å²) in [7, 11) is 1.40. The van der Waals surface area contributed by atoms with E-state index in [1.807, 2.05) is 36.5 Å². The molecule has 0 spiro atoms. The molecule has 0 radical (unpaired) electrons. The first-order chi connectivity index (χ1) is 9.72. The van der Waals surface area contributed by atoms with Gasteiger partial charge in [0.1, 0.15) is 0 Å². The van der Waals surface area contributed by atoms with Gasteiger partial charge in [0.05, 0.1) is 18.4 Å². The second-order valence-corrected chi connectivity index (χ2v) is 4.71. The van der Waals surface area contributed by atoms with Crippen LogP contribution in [0.2, 0.25) is 0 Å². The van der Waals surface area contributed by atoms with Crippen molar-refractivity contribution in [2.75, 3.05) is 7.11 Å². The number of nitrogens with zero attached hydrogens (tertiary/aromatic N) is 1. The van der Waals surface area contributed by atoms with Crippen LogP contribution in [0.15, 0.2) is 54.7 Å². The maximum atomic E-state index is 11.9. The van der Waals surface area contributed by atoms with Crippen LogP contribution in [0.1, 0.15) is 15.9 Å². The van der Waals surface area contributed by atoms with Crippen LogP contribution in [0.5, 0.6) is 0 Å². The van der Waals surface area contributed by atoms with E-state index in [0.29, 0.717) is 5.56 Å². The van der Waals surface area contributed by atoms with Gasteiger partial charge in [-0.05, 0) is 36.8 Å². The number of carbonyl (C=O) groups is 1. The van der Waals surface area contributed by atoms with Crippen molar-refractivity contribution in [1.82, 2.24) is 4.40 Å². The monoisotopic (exact) mass is 265 g/mol. The van der Waals surface area contributed by atoms with Crippen LogP contribution in [-0.2, 0) is 4.74 Å². The normalized spacial score (nSPS) is 10.7. The van der Waals surface area contributed by atoms with E-state index in [9.17, 15) is 4.79 Å². The molecule has 3 aromatic rings. The highest BCUT2D eigenvalue weighted by molar-refractivity contribution is 5.97. The Morgan fingerprint density at radius 2 is 1.85 bits per heavy atom. The van der Waals surface area contributed by atoms with Crippen LogP contribution in [0.4, 0.5) is 0 Å². The number of methoxy groups -OCH3 is 1. The zero-order chi connectivity index (χ0) is 14.1. The van der Waals surface area contributed by atoms with Crippen LogP contribution in [-0.4, -0.2) is 17.5 Å². The number of hydrogen-bond acceptors (Lipinski definition) is 2. The number of ether oxygens (including phenoxy) is 1. The Morgan fingerprint density at radius 1 is 1.10 bits per heavy atom. The van der Waals surface area contributed by atoms with Crippen molar-refractivity contribution in [3.63, 3.8) is 0 Å². The molecule has 0 aliphatic rings. The summed E-state index contributed by atoms with van der Waals surface area (Å²) >= 11 is 0. The predicted octanol–water partition coefficient (Wildman–Crippen LogP) is 3.70. The van der Waals surface area contributed by atoms with E-state index in [0.717, 1.165) is 22.3 Å². The van der Waals surface area contributed by atoms with Crippen molar-refractivity contribution in [2.45, 2.75) is 6.92 Å². The molecule has 0 atom stereocenters. The summed E-state index contributed by atoms with van der Waals surface area (Å²) in [6.07, 6.45) is 2.01. The topological polar surface area (TPSA) is 30.7 Å². The third kappa shape index (κ3) is 1.88. The summed E-state index contributed by atoms with van der Waals surface area (Å²) in [5.74, 6) is -0.314. The molecule has 2 heterocycles. The number of esters is 1. The number of hydrogen-bond donors (Lipinski definition) is 0. The van der Waals surface area contributed by atoms with E-state index >= 15 is 0 Å². The Bertz CT molecular complexity index is 787. The van der Waals surface area contributed by atoms with Crippen LogP contribution in [0.25, 0.3) is 16.8 Å². The Balaban J connectivity index is 2.31. The molecule has 0 unspecified atom stereocenters. The number of aromatic nitrogens is 1. The molecule has 0 saturated heterocycles. The van der Waals surface area contributed by atoms with Gasteiger partial charge >= 0.3 is 5.97 Å². The van der Waals surface area contributed by atoms with Gasteiger partial charge in [0.15, 0.2) is 0 Å². The third-order valence-electron chi connectivity index (χ3n) is 3.46. The number of fused-ring (bicyclic) bond motifs is 1. The van der Waals surface area contributed by atoms with Crippen molar-refractivity contribution < 1.29 is 9.53 Å². The van der Waals surface area contributed by atoms with Gasteiger partial charge in [-0.2, -0.15) is 0 Å². The number of benzene rings is 1. The second kappa shape index (κ2) is 4.85. The largest absolute Gasteiger partial charge is 0.465 e. The van der Waals surface area contributed by atoms with Crippen LogP contribution < -0.4 is 0 Å². The molecule has 3 heteroatoms. The molecule has 2 aromatic heterocycles. The minimum Gasteiger partial charge on any atom is -0.465 e. The van der Waals surface area contributed by atoms with E-state index in [1.165, 1.54) is 7.11 Å². The van der Waals surface area contributed by atoms with Gasteiger partial charge in [0.25, 0.3) is 0 Å². The first-order valence-electron chi connectivity index (χ1n) is 6.47. The lowest BCUT2D eigenvalue weighted by atomic mass is 10.0. The van der Waals surface area contributed by atoms with Crippen molar-refractivity contribution >= 4 is 11.5 Å². The molecule has 0 amide bonds. The highest BCUT2D eigenvalue weighted by atomic mass is 16.5. The van der Waals surface area contributed by atoms with Crippen LogP contribution >= 0.6 is 0 Å². The minimum atomic E-state index is -0.314. The number of carbonyl (C=O) groups excluding carboxylic acids is 1. The predicted molar refractivity (Wildman–Crippen MR) is 78.9 cm³/mol. The summed E-state index contributed by atoms with van der Waals surface area (Å²) in [6.45, 7) is 2.05. The molecule has 3 rings (SSSR count). The second-order valence-electron chi connectivity index (χ2n) is 4.71. The lowest BCUT2D eigenvalue weighted by Crippen LogP contribution is -2.04. The quantitative estimate of drug-likeness (QED) is 0.661. The molecular weight excluding hydrogens is 250 g/mol. The highest BCUT2D eigenvalue weighted by Gasteiger charge is 2.16. The Hall–Kier alpha value is -2.55. The molecule has 0 fully saturated rings. The molecule has 0 aliphatic heterocycles. The van der Waals surface area contributed by atoms with Crippen molar-refractivity contribution in [2.24, 2.45) is 0 Å². The molecular formula is C17H15NO2. The third-order valence-corrected chi connectivity index (χ3v) is 3.46. The zero-order valence-corrected chi connectivity index (χ0v) is 11.5. The number of rotatable bonds is 2. The van der Waals surface area contributed by atoms with E-state index < -0.39 is 0 Å². The molecule has 0 aliphatic carbocycles. The summed E-state index contributed by atoms with van der Waals surface area (Å²) in [5.41, 5.74) is 4.75. The van der Waals surface area contributed by atoms with Crippen LogP contribution in [0.3, 0.4) is 0 Å². The maximum absolute atomic E-state index is 11.9. The fourth-order valence-electron chi connectivity index (χ4n) is 2.58. The molecule has 20 heavy (non-hydrogen) atoms. The smallest absolute Gasteiger partial charge is 0.338 e. The summed E-state index contributed by atoms with van der Waals surface area (Å²) in [6, 6.07) is 15.7. The van der Waals surface area contributed by atoms with Gasteiger partial charge < -0.3 is 9.14 Å². The van der Waals surface area contributed by atoms with Crippen LogP contribution in [0, 0.1) is 6.92 Å². The summed E-state index contributed by atoms with van der Waals surface area (Å²) < 4.78 is 6.97. The Kier molecular flexibility index (Phi) is 3.03. The van der Waals surface area contributed by atoms with Gasteiger partial charge in [-0.3, -0.25) is 0 Å². The molecule has 3 nitrogen and oxygen atoms in total. The Labute approximate surface area is 117 Å². The number of aryl methyl sites for hydroxylation is 1. The van der Waals surface area contributed by atoms with Gasteiger partial charge in [-0.25, -0.2) is 4.79 Å². The number of pyridine rings is 1. The minimum absolute atomic E-state index is 0.314. The van der Waals surface area contributed by atoms with Crippen molar-refractivity contribution in [3.05, 3.63) is 65.9 Å². The Morgan fingerprint density at radius 3 is 2.65 bits per heavy atom. The zero-order valence-electron chi connectivity index (χ0n) is 11.5. The lowest BCUT2D eigenvalue weighted by Gasteiger charge is -2.09. The van der Waals surface area contributed by atoms with Gasteiger partial charge in [-0.1, -0.05) is 24.3 Å². The fourth-order valence-corrected chi connectivity index (χ4v) is 2.58. The van der Waals surface area contributed by atoms with Gasteiger partial charge in [0.2, 0.25) is 0 Å². The fraction of sp³-hybridized carbons (Fsp3) is 0.118. The first-order valence-corrected chi connectivity index (χ1v) is 6.47. The first kappa shape index (κ1) is 12.5. The summed E-state index contributed by atoms with van der Waals surface area (Å²) in [5, 5.41) is 0. The average Bonchev–Trinajstić information content (AvgIpc) is 2.82. The molecule has 0 saturated carbocycles.